The van der Waals surface area contributed by atoms with Crippen LogP contribution in [-0.4, -0.2) is 31.1 Å². The van der Waals surface area contributed by atoms with Crippen LogP contribution in [0, 0.1) is 6.92 Å². The average molecular weight is 218 g/mol. The first-order valence-electron chi connectivity index (χ1n) is 6.16. The molecule has 1 aromatic carbocycles. The minimum absolute atomic E-state index is 0.456. The van der Waals surface area contributed by atoms with E-state index in [1.54, 1.807) is 0 Å². The van der Waals surface area contributed by atoms with E-state index < -0.39 is 0 Å². The van der Waals surface area contributed by atoms with Crippen LogP contribution in [-0.2, 0) is 0 Å². The maximum Gasteiger partial charge on any atom is 0.0294 e. The minimum Gasteiger partial charge on any atom is -0.306 e. The van der Waals surface area contributed by atoms with Crippen LogP contribution in [0.1, 0.15) is 30.5 Å². The maximum absolute atomic E-state index is 3.70. The second kappa shape index (κ2) is 4.98. The highest BCUT2D eigenvalue weighted by Crippen LogP contribution is 2.16. The first-order valence-corrected chi connectivity index (χ1v) is 6.16. The molecule has 1 aliphatic rings. The van der Waals surface area contributed by atoms with Crippen molar-refractivity contribution in [1.82, 2.24) is 10.2 Å². The fraction of sp³-hybridized carbons (Fsp3) is 0.571. The number of benzene rings is 1. The quantitative estimate of drug-likeness (QED) is 0.838. The molecule has 88 valence electrons. The number of hydrogen-bond acceptors (Lipinski definition) is 2. The van der Waals surface area contributed by atoms with Crippen molar-refractivity contribution in [2.75, 3.05) is 20.1 Å². The van der Waals surface area contributed by atoms with E-state index in [0.29, 0.717) is 12.1 Å². The van der Waals surface area contributed by atoms with Gasteiger partial charge in [-0.2, -0.15) is 0 Å². The molecule has 0 bridgehead atoms. The lowest BCUT2D eigenvalue weighted by molar-refractivity contribution is 0.387. The lowest BCUT2D eigenvalue weighted by atomic mass is 10.1. The zero-order valence-corrected chi connectivity index (χ0v) is 10.5. The Morgan fingerprint density at radius 2 is 2.00 bits per heavy atom. The van der Waals surface area contributed by atoms with Crippen LogP contribution in [0.15, 0.2) is 24.3 Å². The molecule has 2 unspecified atom stereocenters. The Hall–Kier alpha value is -0.860. The third kappa shape index (κ3) is 2.83. The normalized spacial score (nSPS) is 23.6. The lowest BCUT2D eigenvalue weighted by Gasteiger charge is -2.20. The zero-order chi connectivity index (χ0) is 11.5. The largest absolute Gasteiger partial charge is 0.306 e. The van der Waals surface area contributed by atoms with E-state index >= 15 is 0 Å². The van der Waals surface area contributed by atoms with Gasteiger partial charge in [0.1, 0.15) is 0 Å². The van der Waals surface area contributed by atoms with Crippen molar-refractivity contribution in [1.29, 1.82) is 0 Å². The first-order chi connectivity index (χ1) is 7.65. The fourth-order valence-electron chi connectivity index (χ4n) is 2.38. The number of hydrogen-bond donors (Lipinski definition) is 1. The van der Waals surface area contributed by atoms with Crippen LogP contribution < -0.4 is 5.32 Å². The van der Waals surface area contributed by atoms with E-state index in [1.165, 1.54) is 30.6 Å². The summed E-state index contributed by atoms with van der Waals surface area (Å²) >= 11 is 0. The van der Waals surface area contributed by atoms with Crippen LogP contribution in [0.5, 0.6) is 0 Å². The molecule has 1 heterocycles. The van der Waals surface area contributed by atoms with E-state index in [4.69, 9.17) is 0 Å². The van der Waals surface area contributed by atoms with Gasteiger partial charge in [0.15, 0.2) is 0 Å². The van der Waals surface area contributed by atoms with Crippen LogP contribution in [0.3, 0.4) is 0 Å². The van der Waals surface area contributed by atoms with E-state index in [9.17, 15) is 0 Å². The highest BCUT2D eigenvalue weighted by atomic mass is 15.2. The molecule has 0 amide bonds. The average Bonchev–Trinajstić information content (AvgIpc) is 2.65. The van der Waals surface area contributed by atoms with Crippen LogP contribution in [0.4, 0.5) is 0 Å². The van der Waals surface area contributed by atoms with Gasteiger partial charge in [0.2, 0.25) is 0 Å². The molecule has 16 heavy (non-hydrogen) atoms. The standard InChI is InChI=1S/C14H22N2/c1-11-4-6-13(7-5-11)12(2)15-14-8-9-16(3)10-14/h4-7,12,14-15H,8-10H2,1-3H3. The van der Waals surface area contributed by atoms with Gasteiger partial charge in [-0.1, -0.05) is 29.8 Å². The summed E-state index contributed by atoms with van der Waals surface area (Å²) in [6, 6.07) is 9.94. The molecule has 2 atom stereocenters. The number of aryl methyl sites for hydroxylation is 1. The molecule has 0 aromatic heterocycles. The van der Waals surface area contributed by atoms with Gasteiger partial charge in [-0.25, -0.2) is 0 Å². The predicted octanol–water partition coefficient (Wildman–Crippen LogP) is 2.35. The third-order valence-corrected chi connectivity index (χ3v) is 3.45. The van der Waals surface area contributed by atoms with E-state index in [0.717, 1.165) is 0 Å². The maximum atomic E-state index is 3.70. The summed E-state index contributed by atoms with van der Waals surface area (Å²) in [5.74, 6) is 0. The first kappa shape index (κ1) is 11.6. The van der Waals surface area contributed by atoms with Gasteiger partial charge >= 0.3 is 0 Å². The van der Waals surface area contributed by atoms with Crippen LogP contribution in [0.25, 0.3) is 0 Å². The van der Waals surface area contributed by atoms with Crippen molar-refractivity contribution in [3.05, 3.63) is 35.4 Å². The Morgan fingerprint density at radius 3 is 2.56 bits per heavy atom. The molecule has 2 rings (SSSR count). The Morgan fingerprint density at radius 1 is 1.31 bits per heavy atom. The fourth-order valence-corrected chi connectivity index (χ4v) is 2.38. The summed E-state index contributed by atoms with van der Waals surface area (Å²) in [5, 5.41) is 3.70. The molecular formula is C14H22N2. The molecule has 0 saturated carbocycles. The van der Waals surface area contributed by atoms with Gasteiger partial charge in [0, 0.05) is 18.6 Å². The molecule has 2 nitrogen and oxygen atoms in total. The molecule has 1 aromatic rings. The third-order valence-electron chi connectivity index (χ3n) is 3.45. The number of nitrogens with one attached hydrogen (secondary N) is 1. The van der Waals surface area contributed by atoms with Gasteiger partial charge in [0.05, 0.1) is 0 Å². The number of nitrogens with zero attached hydrogens (tertiary/aromatic N) is 1. The van der Waals surface area contributed by atoms with Crippen molar-refractivity contribution >= 4 is 0 Å². The van der Waals surface area contributed by atoms with Gasteiger partial charge < -0.3 is 10.2 Å². The second-order valence-corrected chi connectivity index (χ2v) is 5.05. The smallest absolute Gasteiger partial charge is 0.0294 e. The second-order valence-electron chi connectivity index (χ2n) is 5.05. The highest BCUT2D eigenvalue weighted by Gasteiger charge is 2.20. The molecule has 0 spiro atoms. The predicted molar refractivity (Wildman–Crippen MR) is 68.6 cm³/mol. The number of rotatable bonds is 3. The van der Waals surface area contributed by atoms with Gasteiger partial charge in [0.25, 0.3) is 0 Å². The summed E-state index contributed by atoms with van der Waals surface area (Å²) < 4.78 is 0. The zero-order valence-electron chi connectivity index (χ0n) is 10.5. The van der Waals surface area contributed by atoms with Crippen molar-refractivity contribution in [3.63, 3.8) is 0 Å². The van der Waals surface area contributed by atoms with Crippen molar-refractivity contribution < 1.29 is 0 Å². The number of likely N-dealkylation sites (tertiary alicyclic amines) is 1. The highest BCUT2D eigenvalue weighted by molar-refractivity contribution is 5.23. The van der Waals surface area contributed by atoms with Crippen LogP contribution in [0.2, 0.25) is 0 Å². The summed E-state index contributed by atoms with van der Waals surface area (Å²) in [7, 11) is 2.19. The lowest BCUT2D eigenvalue weighted by Crippen LogP contribution is -2.33. The molecule has 1 fully saturated rings. The van der Waals surface area contributed by atoms with E-state index in [1.807, 2.05) is 0 Å². The van der Waals surface area contributed by atoms with Gasteiger partial charge in [-0.15, -0.1) is 0 Å². The van der Waals surface area contributed by atoms with E-state index in [2.05, 4.69) is 55.4 Å². The van der Waals surface area contributed by atoms with E-state index in [-0.39, 0.29) is 0 Å². The molecule has 2 heteroatoms. The van der Waals surface area contributed by atoms with Crippen molar-refractivity contribution in [2.24, 2.45) is 0 Å². The Bertz CT molecular complexity index is 331. The monoisotopic (exact) mass is 218 g/mol. The molecule has 1 saturated heterocycles. The molecule has 0 aliphatic carbocycles. The Kier molecular flexibility index (Phi) is 3.62. The van der Waals surface area contributed by atoms with Gasteiger partial charge in [-0.3, -0.25) is 0 Å². The summed E-state index contributed by atoms with van der Waals surface area (Å²) in [6.45, 7) is 6.78. The van der Waals surface area contributed by atoms with Gasteiger partial charge in [-0.05, 0) is 39.4 Å². The molecular weight excluding hydrogens is 196 g/mol. The van der Waals surface area contributed by atoms with Crippen LogP contribution >= 0.6 is 0 Å². The van der Waals surface area contributed by atoms with Crippen molar-refractivity contribution in [2.45, 2.75) is 32.4 Å². The molecule has 0 radical (unpaired) electrons. The minimum atomic E-state index is 0.456. The summed E-state index contributed by atoms with van der Waals surface area (Å²) in [4.78, 5) is 2.39. The topological polar surface area (TPSA) is 15.3 Å². The number of likely N-dealkylation sites (N-methyl/N-ethyl adjacent to an activating group) is 1. The SMILES string of the molecule is Cc1ccc(C(C)NC2CCN(C)C2)cc1. The molecule has 1 aliphatic heterocycles. The van der Waals surface area contributed by atoms with Crippen molar-refractivity contribution in [3.8, 4) is 0 Å². The molecule has 1 N–H and O–H groups in total. The Balaban J connectivity index is 1.92. The summed E-state index contributed by atoms with van der Waals surface area (Å²) in [5.41, 5.74) is 2.72. The Labute approximate surface area is 98.7 Å². The summed E-state index contributed by atoms with van der Waals surface area (Å²) in [6.07, 6.45) is 1.27.